The minimum atomic E-state index is -0.395. The van der Waals surface area contributed by atoms with Crippen LogP contribution in [0.2, 0.25) is 15.1 Å². The van der Waals surface area contributed by atoms with Crippen molar-refractivity contribution in [1.29, 1.82) is 5.26 Å². The Kier molecular flexibility index (Phi) is 6.62. The van der Waals surface area contributed by atoms with Crippen LogP contribution in [0.25, 0.3) is 0 Å². The van der Waals surface area contributed by atoms with Gasteiger partial charge in [-0.15, -0.1) is 23.1 Å². The lowest BCUT2D eigenvalue weighted by Gasteiger charge is -2.22. The number of allylic oxidation sites excluding steroid dienone is 1. The predicted octanol–water partition coefficient (Wildman–Crippen LogP) is 6.13. The quantitative estimate of drug-likeness (QED) is 0.333. The molecule has 0 aliphatic rings. The van der Waals surface area contributed by atoms with Crippen molar-refractivity contribution in [3.05, 3.63) is 60.2 Å². The highest BCUT2D eigenvalue weighted by molar-refractivity contribution is 8.02. The lowest BCUT2D eigenvalue weighted by Crippen LogP contribution is -2.18. The molecule has 2 aromatic rings. The van der Waals surface area contributed by atoms with Crippen LogP contribution in [0.4, 0.5) is 5.69 Å². The third kappa shape index (κ3) is 3.90. The molecule has 0 atom stereocenters. The molecule has 0 unspecified atom stereocenters. The van der Waals surface area contributed by atoms with Crippen LogP contribution in [0.1, 0.15) is 9.67 Å². The number of carbonyl (C=O) groups is 1. The molecule has 1 aromatic carbocycles. The maximum Gasteiger partial charge on any atom is 0.217 e. The summed E-state index contributed by atoms with van der Waals surface area (Å²) in [5.74, 6) is -0.395. The number of nitriles is 1. The lowest BCUT2D eigenvalue weighted by molar-refractivity contribution is 0.104. The van der Waals surface area contributed by atoms with Crippen LogP contribution in [0.5, 0.6) is 0 Å². The van der Waals surface area contributed by atoms with Crippen molar-refractivity contribution < 1.29 is 4.79 Å². The van der Waals surface area contributed by atoms with Crippen LogP contribution < -0.4 is 4.90 Å². The van der Waals surface area contributed by atoms with E-state index >= 15 is 0 Å². The molecule has 0 aliphatic carbocycles. The number of benzene rings is 1. The van der Waals surface area contributed by atoms with E-state index in [1.807, 2.05) is 6.07 Å². The zero-order valence-electron chi connectivity index (χ0n) is 12.6. The summed E-state index contributed by atoms with van der Waals surface area (Å²) >= 11 is 20.5. The third-order valence-corrected chi connectivity index (χ3v) is 6.11. The number of Topliss-reactive ketones (excluding diaryl/α,β-unsaturated/α-hetero) is 1. The average Bonchev–Trinajstić information content (AvgIpc) is 3.00. The van der Waals surface area contributed by atoms with Crippen LogP contribution in [0.3, 0.4) is 0 Å². The van der Waals surface area contributed by atoms with Crippen LogP contribution in [0, 0.1) is 11.3 Å². The first-order valence-electron chi connectivity index (χ1n) is 6.55. The fourth-order valence-corrected chi connectivity index (χ4v) is 4.08. The third-order valence-electron chi connectivity index (χ3n) is 3.16. The van der Waals surface area contributed by atoms with E-state index in [1.54, 1.807) is 47.8 Å². The van der Waals surface area contributed by atoms with Crippen LogP contribution in [0.15, 0.2) is 40.2 Å². The number of rotatable bonds is 5. The number of thiophene rings is 1. The average molecular weight is 418 g/mol. The fraction of sp³-hybridized carbons (Fsp3) is 0.125. The Balaban J connectivity index is 2.51. The Morgan fingerprint density at radius 1 is 1.21 bits per heavy atom. The molecular formula is C16H11Cl3N2OS2. The Morgan fingerprint density at radius 2 is 1.92 bits per heavy atom. The van der Waals surface area contributed by atoms with Gasteiger partial charge in [-0.3, -0.25) is 4.79 Å². The van der Waals surface area contributed by atoms with Gasteiger partial charge in [-0.1, -0.05) is 34.8 Å². The number of ketones is 1. The molecule has 124 valence electrons. The number of hydrogen-bond acceptors (Lipinski definition) is 5. The van der Waals surface area contributed by atoms with E-state index < -0.39 is 5.78 Å². The van der Waals surface area contributed by atoms with Crippen LogP contribution >= 0.6 is 57.9 Å². The van der Waals surface area contributed by atoms with E-state index in [1.165, 1.54) is 23.1 Å². The second-order valence-electron chi connectivity index (χ2n) is 4.58. The van der Waals surface area contributed by atoms with Gasteiger partial charge in [0.15, 0.2) is 0 Å². The van der Waals surface area contributed by atoms with E-state index in [0.29, 0.717) is 30.7 Å². The van der Waals surface area contributed by atoms with Crippen LogP contribution in [-0.4, -0.2) is 19.1 Å². The molecule has 8 heteroatoms. The monoisotopic (exact) mass is 416 g/mol. The molecule has 3 nitrogen and oxygen atoms in total. The molecule has 0 aliphatic heterocycles. The molecule has 1 heterocycles. The molecule has 0 fully saturated rings. The number of hydrogen-bond donors (Lipinski definition) is 0. The Labute approximate surface area is 163 Å². The van der Waals surface area contributed by atoms with E-state index in [0.717, 1.165) is 0 Å². The van der Waals surface area contributed by atoms with Gasteiger partial charge < -0.3 is 4.90 Å². The molecule has 0 saturated heterocycles. The Bertz CT molecular complexity index is 855. The summed E-state index contributed by atoms with van der Waals surface area (Å²) in [5.41, 5.74) is 0.743. The van der Waals surface area contributed by atoms with Gasteiger partial charge >= 0.3 is 0 Å². The SMILES string of the molecule is CSC(=C(C#N)C(=O)c1sccc1Cl)N(C)c1ccc(Cl)c(Cl)c1. The zero-order valence-corrected chi connectivity index (χ0v) is 16.5. The van der Waals surface area contributed by atoms with Crippen molar-refractivity contribution in [1.82, 2.24) is 0 Å². The van der Waals surface area contributed by atoms with Gasteiger partial charge in [0.05, 0.1) is 25.0 Å². The maximum absolute atomic E-state index is 12.7. The molecule has 2 rings (SSSR count). The highest BCUT2D eigenvalue weighted by atomic mass is 35.5. The molecule has 0 saturated carbocycles. The van der Waals surface area contributed by atoms with Gasteiger partial charge in [-0.05, 0) is 35.9 Å². The van der Waals surface area contributed by atoms with Gasteiger partial charge in [-0.25, -0.2) is 0 Å². The van der Waals surface area contributed by atoms with Crippen molar-refractivity contribution in [2.24, 2.45) is 0 Å². The fourth-order valence-electron chi connectivity index (χ4n) is 1.98. The van der Waals surface area contributed by atoms with Crippen molar-refractivity contribution in [2.75, 3.05) is 18.2 Å². The maximum atomic E-state index is 12.7. The highest BCUT2D eigenvalue weighted by Gasteiger charge is 2.23. The molecule has 24 heavy (non-hydrogen) atoms. The first-order valence-corrected chi connectivity index (χ1v) is 9.79. The van der Waals surface area contributed by atoms with Crippen molar-refractivity contribution in [3.8, 4) is 6.07 Å². The summed E-state index contributed by atoms with van der Waals surface area (Å²) in [6, 6.07) is 8.74. The molecule has 0 bridgehead atoms. The van der Waals surface area contributed by atoms with Crippen molar-refractivity contribution >= 4 is 69.4 Å². The molecule has 0 spiro atoms. The summed E-state index contributed by atoms with van der Waals surface area (Å²) < 4.78 is 0. The summed E-state index contributed by atoms with van der Waals surface area (Å²) in [6.07, 6.45) is 1.80. The highest BCUT2D eigenvalue weighted by Crippen LogP contribution is 2.33. The second-order valence-corrected chi connectivity index (χ2v) is 7.51. The molecule has 0 amide bonds. The minimum absolute atomic E-state index is 0.0282. The largest absolute Gasteiger partial charge is 0.338 e. The van der Waals surface area contributed by atoms with Crippen molar-refractivity contribution in [2.45, 2.75) is 0 Å². The summed E-state index contributed by atoms with van der Waals surface area (Å²) in [5, 5.41) is 12.9. The topological polar surface area (TPSA) is 44.1 Å². The smallest absolute Gasteiger partial charge is 0.217 e. The summed E-state index contributed by atoms with van der Waals surface area (Å²) in [7, 11) is 1.76. The normalized spacial score (nSPS) is 11.7. The Hall–Kier alpha value is -1.16. The Morgan fingerprint density at radius 3 is 2.42 bits per heavy atom. The van der Waals surface area contributed by atoms with E-state index in [4.69, 9.17) is 34.8 Å². The number of nitrogens with zero attached hydrogens (tertiary/aromatic N) is 2. The number of thioether (sulfide) groups is 1. The first kappa shape index (κ1) is 19.2. The van der Waals surface area contributed by atoms with Crippen molar-refractivity contribution in [3.63, 3.8) is 0 Å². The van der Waals surface area contributed by atoms with Gasteiger partial charge in [0.25, 0.3) is 0 Å². The number of halogens is 3. The molecule has 1 aromatic heterocycles. The molecule has 0 radical (unpaired) electrons. The predicted molar refractivity (Wildman–Crippen MR) is 105 cm³/mol. The summed E-state index contributed by atoms with van der Waals surface area (Å²) in [4.78, 5) is 14.7. The van der Waals surface area contributed by atoms with Gasteiger partial charge in [-0.2, -0.15) is 5.26 Å². The van der Waals surface area contributed by atoms with E-state index in [2.05, 4.69) is 0 Å². The lowest BCUT2D eigenvalue weighted by atomic mass is 10.1. The summed E-state index contributed by atoms with van der Waals surface area (Å²) in [6.45, 7) is 0. The first-order chi connectivity index (χ1) is 11.4. The molecule has 0 N–H and O–H groups in total. The van der Waals surface area contributed by atoms with Gasteiger partial charge in [0.1, 0.15) is 11.6 Å². The minimum Gasteiger partial charge on any atom is -0.338 e. The standard InChI is InChI=1S/C16H11Cl3N2OS2/c1-21(9-3-4-11(17)13(19)7-9)16(23-2)10(8-20)14(22)15-12(18)5-6-24-15/h3-7H,1-2H3. The van der Waals surface area contributed by atoms with E-state index in [-0.39, 0.29) is 5.57 Å². The van der Waals surface area contributed by atoms with E-state index in [9.17, 15) is 10.1 Å². The van der Waals surface area contributed by atoms with Gasteiger partial charge in [0.2, 0.25) is 5.78 Å². The number of anilines is 1. The van der Waals surface area contributed by atoms with Crippen LogP contribution in [-0.2, 0) is 0 Å². The second kappa shape index (κ2) is 8.28. The molecular weight excluding hydrogens is 407 g/mol. The van der Waals surface area contributed by atoms with Gasteiger partial charge in [0, 0.05) is 12.7 Å². The zero-order chi connectivity index (χ0) is 17.9. The number of carbonyl (C=O) groups excluding carboxylic acids is 1.